The Morgan fingerprint density at radius 3 is 2.54 bits per heavy atom. The number of rotatable bonds is 6. The first-order valence-electron chi connectivity index (χ1n) is 8.74. The van der Waals surface area contributed by atoms with E-state index >= 15 is 0 Å². The van der Waals surface area contributed by atoms with Crippen LogP contribution in [-0.2, 0) is 9.59 Å². The third kappa shape index (κ3) is 6.67. The Morgan fingerprint density at radius 1 is 1.42 bits per heavy atom. The van der Waals surface area contributed by atoms with E-state index in [0.717, 1.165) is 56.1 Å². The fraction of sp³-hybridized carbons (Fsp3) is 0.684. The average molecular weight is 336 g/mol. The van der Waals surface area contributed by atoms with Gasteiger partial charge in [0.25, 0.3) is 0 Å². The molecule has 1 N–H and O–H groups in total. The first kappa shape index (κ1) is 20.7. The number of hydrogen-bond donors (Lipinski definition) is 1. The highest BCUT2D eigenvalue weighted by atomic mass is 16.3. The van der Waals surface area contributed by atoms with E-state index in [-0.39, 0.29) is 18.1 Å². The summed E-state index contributed by atoms with van der Waals surface area (Å²) in [7, 11) is 3.95. The second-order valence-electron chi connectivity index (χ2n) is 7.10. The van der Waals surface area contributed by atoms with Crippen LogP contribution >= 0.6 is 0 Å². The fourth-order valence-corrected chi connectivity index (χ4v) is 3.08. The Morgan fingerprint density at radius 2 is 2.12 bits per heavy atom. The van der Waals surface area contributed by atoms with Crippen LogP contribution in [0.3, 0.4) is 0 Å². The Hall–Kier alpha value is -1.30. The topological polar surface area (TPSA) is 60.9 Å². The molecular weight excluding hydrogens is 304 g/mol. The summed E-state index contributed by atoms with van der Waals surface area (Å²) in [5, 5.41) is 8.86. The van der Waals surface area contributed by atoms with E-state index in [4.69, 9.17) is 5.11 Å². The number of hydrogen-bond acceptors (Lipinski definition) is 5. The van der Waals surface area contributed by atoms with E-state index in [0.29, 0.717) is 6.54 Å². The first-order chi connectivity index (χ1) is 11.4. The van der Waals surface area contributed by atoms with Crippen LogP contribution < -0.4 is 0 Å². The van der Waals surface area contributed by atoms with E-state index in [1.807, 2.05) is 38.9 Å². The minimum Gasteiger partial charge on any atom is -0.392 e. The zero-order valence-corrected chi connectivity index (χ0v) is 15.4. The molecule has 2 rings (SSSR count). The number of allylic oxidation sites excluding steroid dienone is 2. The molecule has 1 aliphatic heterocycles. The number of aliphatic hydroxyl groups excluding tert-OH is 1. The van der Waals surface area contributed by atoms with Crippen LogP contribution in [0.2, 0.25) is 0 Å². The number of aliphatic hydroxyl groups is 1. The highest BCUT2D eigenvalue weighted by Crippen LogP contribution is 2.19. The largest absolute Gasteiger partial charge is 0.392 e. The van der Waals surface area contributed by atoms with Crippen molar-refractivity contribution < 1.29 is 14.7 Å². The van der Waals surface area contributed by atoms with Crippen LogP contribution in [0, 0.1) is 5.92 Å². The second-order valence-corrected chi connectivity index (χ2v) is 7.10. The van der Waals surface area contributed by atoms with Crippen LogP contribution in [0.5, 0.6) is 0 Å². The van der Waals surface area contributed by atoms with E-state index in [1.165, 1.54) is 0 Å². The lowest BCUT2D eigenvalue weighted by Crippen LogP contribution is -2.38. The molecule has 0 aromatic rings. The first-order valence-corrected chi connectivity index (χ1v) is 8.74. The average Bonchev–Trinajstić information content (AvgIpc) is 2.92. The molecule has 2 aliphatic rings. The third-order valence-corrected chi connectivity index (χ3v) is 4.57. The van der Waals surface area contributed by atoms with Crippen molar-refractivity contribution in [1.29, 1.82) is 0 Å². The molecule has 1 unspecified atom stereocenters. The number of nitrogens with zero attached hydrogens (tertiary/aromatic N) is 2. The summed E-state index contributed by atoms with van der Waals surface area (Å²) in [5.41, 5.74) is 1.91. The smallest absolute Gasteiger partial charge is 0.146 e. The maximum Gasteiger partial charge on any atom is 0.146 e. The number of β-amino-alcohol motifs (C(OH)–C–C–N with tert-alkyl or cyclic N) is 1. The molecule has 0 spiro atoms. The van der Waals surface area contributed by atoms with E-state index in [9.17, 15) is 9.59 Å². The third-order valence-electron chi connectivity index (χ3n) is 4.57. The number of aldehydes is 2. The lowest BCUT2D eigenvalue weighted by molar-refractivity contribution is -0.113. The van der Waals surface area contributed by atoms with Crippen LogP contribution in [-0.4, -0.2) is 73.4 Å². The second kappa shape index (κ2) is 10.5. The van der Waals surface area contributed by atoms with Gasteiger partial charge in [-0.05, 0) is 50.4 Å². The van der Waals surface area contributed by atoms with Crippen LogP contribution in [0.25, 0.3) is 0 Å². The summed E-state index contributed by atoms with van der Waals surface area (Å²) >= 11 is 0. The maximum absolute atomic E-state index is 11.0. The van der Waals surface area contributed by atoms with Crippen molar-refractivity contribution in [2.24, 2.45) is 5.92 Å². The molecule has 24 heavy (non-hydrogen) atoms. The maximum atomic E-state index is 11.0. The zero-order valence-electron chi connectivity index (χ0n) is 15.4. The molecule has 2 atom stereocenters. The highest BCUT2D eigenvalue weighted by Gasteiger charge is 2.19. The Balaban J connectivity index is 0.000000341. The van der Waals surface area contributed by atoms with E-state index in [2.05, 4.69) is 11.0 Å². The summed E-state index contributed by atoms with van der Waals surface area (Å²) in [6.07, 6.45) is 8.67. The lowest BCUT2D eigenvalue weighted by atomic mass is 9.97. The van der Waals surface area contributed by atoms with Crippen molar-refractivity contribution >= 4 is 12.6 Å². The van der Waals surface area contributed by atoms with Gasteiger partial charge in [0.1, 0.15) is 12.6 Å². The standard InChI is InChI=1S/C14H21NO2.C5H11NO/c1-11(2)14(10-17)15(3)8-12-6-4-5-7-13(12)9-16;1-6-3-2-5(7)4-6/h4,6,9-11,14H,5,7-8H2,1-3H3;5,7H,2-4H2,1H3/t;5-/m.1/s1. The van der Waals surface area contributed by atoms with Gasteiger partial charge < -0.3 is 14.8 Å². The van der Waals surface area contributed by atoms with Gasteiger partial charge in [-0.2, -0.15) is 0 Å². The minimum atomic E-state index is -0.0919. The molecule has 1 aliphatic carbocycles. The summed E-state index contributed by atoms with van der Waals surface area (Å²) in [5.74, 6) is 0.283. The number of likely N-dealkylation sites (N-methyl/N-ethyl adjacent to an activating group) is 2. The molecule has 0 saturated carbocycles. The van der Waals surface area contributed by atoms with E-state index in [1.54, 1.807) is 0 Å². The zero-order chi connectivity index (χ0) is 18.1. The van der Waals surface area contributed by atoms with Gasteiger partial charge >= 0.3 is 0 Å². The molecule has 1 heterocycles. The molecule has 5 heteroatoms. The van der Waals surface area contributed by atoms with Crippen molar-refractivity contribution in [2.45, 2.75) is 45.3 Å². The molecule has 136 valence electrons. The van der Waals surface area contributed by atoms with Crippen LogP contribution in [0.4, 0.5) is 0 Å². The predicted molar refractivity (Wildman–Crippen MR) is 96.9 cm³/mol. The van der Waals surface area contributed by atoms with Gasteiger partial charge in [0.05, 0.1) is 12.1 Å². The number of carbonyl (C=O) groups is 2. The minimum absolute atomic E-state index is 0.0509. The van der Waals surface area contributed by atoms with E-state index < -0.39 is 0 Å². The summed E-state index contributed by atoms with van der Waals surface area (Å²) in [6.45, 7) is 6.63. The van der Waals surface area contributed by atoms with Gasteiger partial charge in [-0.25, -0.2) is 0 Å². The number of likely N-dealkylation sites (tertiary alicyclic amines) is 1. The van der Waals surface area contributed by atoms with Crippen molar-refractivity contribution in [1.82, 2.24) is 9.80 Å². The summed E-state index contributed by atoms with van der Waals surface area (Å²) in [4.78, 5) is 26.1. The highest BCUT2D eigenvalue weighted by molar-refractivity contribution is 5.76. The Labute approximate surface area is 146 Å². The Kier molecular flexibility index (Phi) is 9.11. The van der Waals surface area contributed by atoms with Gasteiger partial charge in [-0.1, -0.05) is 26.0 Å². The molecule has 1 saturated heterocycles. The summed E-state index contributed by atoms with van der Waals surface area (Å²) in [6, 6.07) is -0.0919. The van der Waals surface area contributed by atoms with Gasteiger partial charge in [0.2, 0.25) is 0 Å². The van der Waals surface area contributed by atoms with Gasteiger partial charge in [0.15, 0.2) is 0 Å². The quantitative estimate of drug-likeness (QED) is 0.748. The fourth-order valence-electron chi connectivity index (χ4n) is 3.08. The lowest BCUT2D eigenvalue weighted by Gasteiger charge is -2.28. The van der Waals surface area contributed by atoms with Crippen molar-refractivity contribution in [3.05, 3.63) is 23.3 Å². The van der Waals surface area contributed by atoms with Gasteiger partial charge in [0, 0.05) is 19.6 Å². The molecule has 1 fully saturated rings. The molecule has 0 aromatic heterocycles. The monoisotopic (exact) mass is 336 g/mol. The van der Waals surface area contributed by atoms with Gasteiger partial charge in [-0.3, -0.25) is 9.69 Å². The SMILES string of the molecule is CC(C)C(C=O)N(C)CC1=C(C=O)CCC=C1.CN1CC[C@@H](O)C1. The van der Waals surface area contributed by atoms with Crippen molar-refractivity contribution in [2.75, 3.05) is 33.7 Å². The Bertz CT molecular complexity index is 463. The molecule has 0 bridgehead atoms. The normalized spacial score (nSPS) is 22.5. The molecule has 0 aromatic carbocycles. The van der Waals surface area contributed by atoms with Gasteiger partial charge in [-0.15, -0.1) is 0 Å². The molecular formula is C19H32N2O3. The predicted octanol–water partition coefficient (Wildman–Crippen LogP) is 1.67. The summed E-state index contributed by atoms with van der Waals surface area (Å²) < 4.78 is 0. The number of carbonyl (C=O) groups excluding carboxylic acids is 2. The van der Waals surface area contributed by atoms with Crippen molar-refractivity contribution in [3.63, 3.8) is 0 Å². The molecule has 0 radical (unpaired) electrons. The molecule has 0 amide bonds. The molecule has 5 nitrogen and oxygen atoms in total. The van der Waals surface area contributed by atoms with Crippen LogP contribution in [0.15, 0.2) is 23.3 Å². The van der Waals surface area contributed by atoms with Crippen LogP contribution in [0.1, 0.15) is 33.1 Å². The van der Waals surface area contributed by atoms with Crippen molar-refractivity contribution in [3.8, 4) is 0 Å².